The Morgan fingerprint density at radius 2 is 1.63 bits per heavy atom. The molecule has 0 aliphatic carbocycles. The summed E-state index contributed by atoms with van der Waals surface area (Å²) >= 11 is 0. The van der Waals surface area contributed by atoms with Gasteiger partial charge in [-0.1, -0.05) is 30.3 Å². The molecule has 0 amide bonds. The van der Waals surface area contributed by atoms with Gasteiger partial charge in [0, 0.05) is 6.54 Å². The van der Waals surface area contributed by atoms with E-state index in [0.29, 0.717) is 11.3 Å². The van der Waals surface area contributed by atoms with Crippen molar-refractivity contribution in [2.75, 3.05) is 23.1 Å². The van der Waals surface area contributed by atoms with Crippen LogP contribution in [0.15, 0.2) is 59.6 Å². The van der Waals surface area contributed by atoms with Gasteiger partial charge in [-0.2, -0.15) is 0 Å². The van der Waals surface area contributed by atoms with Crippen LogP contribution < -0.4 is 10.0 Å². The van der Waals surface area contributed by atoms with Crippen molar-refractivity contribution in [1.82, 2.24) is 0 Å². The Hall–Kier alpha value is -4.02. The topological polar surface area (TPSA) is 142 Å². The summed E-state index contributed by atoms with van der Waals surface area (Å²) in [4.78, 5) is 37.3. The van der Waals surface area contributed by atoms with Gasteiger partial charge in [-0.05, 0) is 24.3 Å². The zero-order valence-corrected chi connectivity index (χ0v) is 13.9. The molecule has 0 fully saturated rings. The van der Waals surface area contributed by atoms with Crippen LogP contribution in [-0.4, -0.2) is 40.6 Å². The number of rotatable bonds is 5. The minimum absolute atomic E-state index is 0.0856. The SMILES string of the molecule is O=C(O)c1ccccc1N1C=NCC1.O=[N+]([O-])N(c1ccccc1)[N+](=O)[O-]. The smallest absolute Gasteiger partial charge is 0.337 e. The van der Waals surface area contributed by atoms with Gasteiger partial charge < -0.3 is 10.0 Å². The fraction of sp³-hybridized carbons (Fsp3) is 0.125. The van der Waals surface area contributed by atoms with Gasteiger partial charge in [-0.3, -0.25) is 4.99 Å². The van der Waals surface area contributed by atoms with Gasteiger partial charge in [-0.25, -0.2) is 25.0 Å². The highest BCUT2D eigenvalue weighted by atomic mass is 16.8. The summed E-state index contributed by atoms with van der Waals surface area (Å²) < 4.78 is 0. The minimum Gasteiger partial charge on any atom is -0.478 e. The van der Waals surface area contributed by atoms with Gasteiger partial charge >= 0.3 is 5.97 Å². The van der Waals surface area contributed by atoms with Crippen molar-refractivity contribution in [1.29, 1.82) is 0 Å². The number of hydrogen-bond donors (Lipinski definition) is 1. The summed E-state index contributed by atoms with van der Waals surface area (Å²) in [5.41, 5.74) is 0.944. The predicted octanol–water partition coefficient (Wildman–Crippen LogP) is 2.11. The molecule has 0 atom stereocenters. The third-order valence-electron chi connectivity index (χ3n) is 3.43. The number of carboxylic acid groups (broad SMARTS) is 1. The molecule has 0 unspecified atom stereocenters. The first-order valence-corrected chi connectivity index (χ1v) is 7.64. The highest BCUT2D eigenvalue weighted by molar-refractivity contribution is 5.98. The van der Waals surface area contributed by atoms with E-state index in [1.807, 2.05) is 11.0 Å². The molecule has 11 nitrogen and oxygen atoms in total. The molecular formula is C16H15N5O6. The monoisotopic (exact) mass is 373 g/mol. The lowest BCUT2D eigenvalue weighted by molar-refractivity contribution is -0.711. The van der Waals surface area contributed by atoms with E-state index >= 15 is 0 Å². The number of aliphatic imine (C=N–C) groups is 1. The van der Waals surface area contributed by atoms with Gasteiger partial charge in [0.1, 0.15) is 0 Å². The maximum absolute atomic E-state index is 10.9. The van der Waals surface area contributed by atoms with E-state index in [-0.39, 0.29) is 10.8 Å². The molecule has 1 N–H and O–H groups in total. The first kappa shape index (κ1) is 19.3. The molecule has 0 saturated carbocycles. The van der Waals surface area contributed by atoms with Crippen molar-refractivity contribution in [2.45, 2.75) is 0 Å². The molecule has 27 heavy (non-hydrogen) atoms. The number of nitro groups is 2. The third-order valence-corrected chi connectivity index (χ3v) is 3.43. The number of benzene rings is 2. The fourth-order valence-corrected chi connectivity index (χ4v) is 2.28. The Labute approximate surface area is 153 Å². The number of carbonyl (C=O) groups is 1. The molecule has 2 aromatic carbocycles. The summed E-state index contributed by atoms with van der Waals surface area (Å²) in [6, 6.07) is 14.1. The number of anilines is 2. The van der Waals surface area contributed by atoms with E-state index in [2.05, 4.69) is 4.99 Å². The normalized spacial score (nSPS) is 12.1. The van der Waals surface area contributed by atoms with Crippen molar-refractivity contribution < 1.29 is 20.0 Å². The molecule has 0 aromatic heterocycles. The van der Waals surface area contributed by atoms with Crippen molar-refractivity contribution in [3.8, 4) is 0 Å². The largest absolute Gasteiger partial charge is 0.478 e. The molecule has 1 aliphatic heterocycles. The second-order valence-electron chi connectivity index (χ2n) is 5.14. The van der Waals surface area contributed by atoms with Crippen molar-refractivity contribution in [3.63, 3.8) is 0 Å². The van der Waals surface area contributed by atoms with Gasteiger partial charge in [-0.15, -0.1) is 0 Å². The lowest BCUT2D eigenvalue weighted by Crippen LogP contribution is -2.35. The Balaban J connectivity index is 0.000000194. The molecular weight excluding hydrogens is 358 g/mol. The Morgan fingerprint density at radius 1 is 1.04 bits per heavy atom. The zero-order valence-electron chi connectivity index (χ0n) is 13.9. The van der Waals surface area contributed by atoms with Gasteiger partial charge in [0.15, 0.2) is 10.8 Å². The molecule has 11 heteroatoms. The van der Waals surface area contributed by atoms with E-state index < -0.39 is 16.0 Å². The second kappa shape index (κ2) is 8.89. The van der Waals surface area contributed by atoms with Crippen LogP contribution in [0, 0.1) is 20.2 Å². The van der Waals surface area contributed by atoms with Crippen LogP contribution >= 0.6 is 0 Å². The predicted molar refractivity (Wildman–Crippen MR) is 97.0 cm³/mol. The standard InChI is InChI=1S/C10H10N2O2.C6H5N3O4/c13-10(14)8-3-1-2-4-9(8)12-6-5-11-7-12;10-8(11)7(9(12)13)6-4-2-1-3-5-6/h1-4,7H,5-6H2,(H,13,14);1-5H. The quantitative estimate of drug-likeness (QED) is 0.620. The third kappa shape index (κ3) is 4.98. The summed E-state index contributed by atoms with van der Waals surface area (Å²) in [6.45, 7) is 1.48. The molecule has 0 bridgehead atoms. The highest BCUT2D eigenvalue weighted by Gasteiger charge is 2.29. The van der Waals surface area contributed by atoms with Crippen LogP contribution in [0.5, 0.6) is 0 Å². The lowest BCUT2D eigenvalue weighted by Gasteiger charge is -2.15. The van der Waals surface area contributed by atoms with Crippen LogP contribution in [0.1, 0.15) is 10.4 Å². The Morgan fingerprint density at radius 3 is 2.15 bits per heavy atom. The first-order valence-electron chi connectivity index (χ1n) is 7.64. The van der Waals surface area contributed by atoms with E-state index in [4.69, 9.17) is 5.11 Å². The fourth-order valence-electron chi connectivity index (χ4n) is 2.28. The molecule has 3 rings (SSSR count). The average Bonchev–Trinajstić information content (AvgIpc) is 3.17. The molecule has 2 aromatic rings. The second-order valence-corrected chi connectivity index (χ2v) is 5.14. The molecule has 0 radical (unpaired) electrons. The van der Waals surface area contributed by atoms with E-state index in [1.54, 1.807) is 30.6 Å². The van der Waals surface area contributed by atoms with E-state index in [0.717, 1.165) is 13.1 Å². The summed E-state index contributed by atoms with van der Waals surface area (Å²) in [5, 5.41) is 27.1. The van der Waals surface area contributed by atoms with Crippen LogP contribution in [0.4, 0.5) is 11.4 Å². The van der Waals surface area contributed by atoms with Crippen LogP contribution in [0.25, 0.3) is 0 Å². The number of nitrogens with zero attached hydrogens (tertiary/aromatic N) is 5. The minimum atomic E-state index is -1.09. The van der Waals surface area contributed by atoms with Crippen molar-refractivity contribution in [2.24, 2.45) is 4.99 Å². The molecule has 140 valence electrons. The number of aromatic carboxylic acids is 1. The average molecular weight is 373 g/mol. The highest BCUT2D eigenvalue weighted by Crippen LogP contribution is 2.20. The summed E-state index contributed by atoms with van der Waals surface area (Å²) in [6.07, 6.45) is 1.68. The maximum Gasteiger partial charge on any atom is 0.337 e. The van der Waals surface area contributed by atoms with E-state index in [1.165, 1.54) is 24.3 Å². The van der Waals surface area contributed by atoms with Gasteiger partial charge in [0.2, 0.25) is 10.1 Å². The van der Waals surface area contributed by atoms with Crippen LogP contribution in [0.2, 0.25) is 0 Å². The van der Waals surface area contributed by atoms with Crippen molar-refractivity contribution >= 4 is 23.7 Å². The summed E-state index contributed by atoms with van der Waals surface area (Å²) in [5.74, 6) is -0.902. The van der Waals surface area contributed by atoms with Crippen LogP contribution in [-0.2, 0) is 0 Å². The molecule has 0 saturated heterocycles. The van der Waals surface area contributed by atoms with Crippen molar-refractivity contribution in [3.05, 3.63) is 80.4 Å². The Kier molecular flexibility index (Phi) is 6.36. The molecule has 1 heterocycles. The Bertz CT molecular complexity index is 843. The first-order chi connectivity index (χ1) is 12.9. The van der Waals surface area contributed by atoms with Crippen LogP contribution in [0.3, 0.4) is 0 Å². The number of carboxylic acids is 1. The summed E-state index contributed by atoms with van der Waals surface area (Å²) in [7, 11) is 0. The van der Waals surface area contributed by atoms with E-state index in [9.17, 15) is 25.0 Å². The molecule has 1 aliphatic rings. The number of hydrazine groups is 2. The van der Waals surface area contributed by atoms with Gasteiger partial charge in [0.25, 0.3) is 0 Å². The zero-order chi connectivity index (χ0) is 19.8. The maximum atomic E-state index is 10.9. The van der Waals surface area contributed by atoms with Gasteiger partial charge in [0.05, 0.1) is 24.1 Å². The molecule has 0 spiro atoms. The number of para-hydroxylation sites is 2. The number of hydrogen-bond acceptors (Lipinski definition) is 7. The lowest BCUT2D eigenvalue weighted by atomic mass is 10.1.